The molecule has 0 aromatic carbocycles. The molecular formula is C4H9N2O2. The molecule has 1 unspecified atom stereocenters. The van der Waals surface area contributed by atoms with Crippen LogP contribution in [0.1, 0.15) is 6.92 Å². The van der Waals surface area contributed by atoms with Crippen LogP contribution >= 0.6 is 0 Å². The molecule has 0 rings (SSSR count). The molecule has 0 fully saturated rings. The van der Waals surface area contributed by atoms with Gasteiger partial charge in [-0.2, -0.15) is 0 Å². The molecule has 1 atom stereocenters. The summed E-state index contributed by atoms with van der Waals surface area (Å²) in [6.07, 6.45) is 0.784. The van der Waals surface area contributed by atoms with E-state index >= 15 is 0 Å². The number of hydrazine groups is 1. The fourth-order valence-electron chi connectivity index (χ4n) is 0.234. The molecule has 0 aromatic heterocycles. The van der Waals surface area contributed by atoms with Gasteiger partial charge < -0.3 is 5.11 Å². The summed E-state index contributed by atoms with van der Waals surface area (Å²) in [5, 5.41) is 9.31. The third-order valence-corrected chi connectivity index (χ3v) is 0.725. The van der Waals surface area contributed by atoms with E-state index in [1.54, 1.807) is 6.92 Å². The highest BCUT2D eigenvalue weighted by Gasteiger charge is 2.03. The normalized spacial score (nSPS) is 12.9. The second kappa shape index (κ2) is 3.40. The molecule has 0 aliphatic rings. The Kier molecular flexibility index (Phi) is 3.14. The first-order chi connectivity index (χ1) is 3.72. The molecule has 47 valence electrons. The zero-order chi connectivity index (χ0) is 6.57. The Hall–Kier alpha value is -0.610. The van der Waals surface area contributed by atoms with E-state index in [0.29, 0.717) is 11.4 Å². The average Bonchev–Trinajstić information content (AvgIpc) is 1.84. The summed E-state index contributed by atoms with van der Waals surface area (Å²) in [5.41, 5.74) is 0. The number of nitrogens with zero attached hydrogens (tertiary/aromatic N) is 1. The summed E-state index contributed by atoms with van der Waals surface area (Å²) in [6.45, 7) is 1.61. The van der Waals surface area contributed by atoms with E-state index in [1.165, 1.54) is 6.42 Å². The SMILES string of the molecule is C[CH]C(O)N(N)C=O. The van der Waals surface area contributed by atoms with Crippen molar-refractivity contribution in [2.24, 2.45) is 5.84 Å². The number of hydrogen-bond donors (Lipinski definition) is 2. The van der Waals surface area contributed by atoms with Crippen molar-refractivity contribution in [1.29, 1.82) is 0 Å². The van der Waals surface area contributed by atoms with Gasteiger partial charge in [0.15, 0.2) is 0 Å². The maximum Gasteiger partial charge on any atom is 0.226 e. The standard InChI is InChI=1S/C4H9N2O2/c1-2-4(8)6(5)3-7/h2-4,8H,5H2,1H3. The number of amides is 1. The van der Waals surface area contributed by atoms with Crippen LogP contribution in [0.25, 0.3) is 0 Å². The van der Waals surface area contributed by atoms with Gasteiger partial charge in [-0.25, -0.2) is 5.84 Å². The van der Waals surface area contributed by atoms with Crippen LogP contribution in [0.2, 0.25) is 0 Å². The smallest absolute Gasteiger partial charge is 0.226 e. The maximum absolute atomic E-state index is 9.73. The van der Waals surface area contributed by atoms with E-state index in [4.69, 9.17) is 10.9 Å². The quantitative estimate of drug-likeness (QED) is 0.161. The number of nitrogens with two attached hydrogens (primary N) is 1. The lowest BCUT2D eigenvalue weighted by atomic mass is 10.4. The summed E-state index contributed by atoms with van der Waals surface area (Å²) >= 11 is 0. The Morgan fingerprint density at radius 3 is 2.50 bits per heavy atom. The van der Waals surface area contributed by atoms with Crippen molar-refractivity contribution >= 4 is 6.41 Å². The zero-order valence-electron chi connectivity index (χ0n) is 4.61. The van der Waals surface area contributed by atoms with Crippen molar-refractivity contribution in [2.75, 3.05) is 0 Å². The van der Waals surface area contributed by atoms with Crippen LogP contribution in [0.5, 0.6) is 0 Å². The van der Waals surface area contributed by atoms with Gasteiger partial charge in [0.05, 0.1) is 0 Å². The molecule has 0 aromatic rings. The lowest BCUT2D eigenvalue weighted by molar-refractivity contribution is -0.125. The minimum absolute atomic E-state index is 0.352. The van der Waals surface area contributed by atoms with Gasteiger partial charge in [0, 0.05) is 6.42 Å². The molecule has 3 N–H and O–H groups in total. The molecule has 1 amide bonds. The first kappa shape index (κ1) is 7.39. The van der Waals surface area contributed by atoms with Crippen molar-refractivity contribution in [3.8, 4) is 0 Å². The van der Waals surface area contributed by atoms with E-state index in [1.807, 2.05) is 0 Å². The van der Waals surface area contributed by atoms with Crippen molar-refractivity contribution in [2.45, 2.75) is 13.2 Å². The number of carbonyl (C=O) groups excluding carboxylic acids is 1. The Bertz CT molecular complexity index is 76.4. The number of carbonyl (C=O) groups is 1. The van der Waals surface area contributed by atoms with E-state index in [-0.39, 0.29) is 0 Å². The van der Waals surface area contributed by atoms with Gasteiger partial charge in [0.25, 0.3) is 0 Å². The van der Waals surface area contributed by atoms with Crippen LogP contribution in [0.15, 0.2) is 0 Å². The van der Waals surface area contributed by atoms with E-state index in [9.17, 15) is 4.79 Å². The summed E-state index contributed by atoms with van der Waals surface area (Å²) in [7, 11) is 0. The van der Waals surface area contributed by atoms with Crippen molar-refractivity contribution in [3.05, 3.63) is 6.42 Å². The highest BCUT2D eigenvalue weighted by molar-refractivity contribution is 5.46. The van der Waals surface area contributed by atoms with Crippen LogP contribution in [0, 0.1) is 6.42 Å². The fourth-order valence-corrected chi connectivity index (χ4v) is 0.234. The van der Waals surface area contributed by atoms with Gasteiger partial charge in [-0.1, -0.05) is 6.92 Å². The highest BCUT2D eigenvalue weighted by atomic mass is 16.3. The van der Waals surface area contributed by atoms with Gasteiger partial charge in [-0.05, 0) is 0 Å². The second-order valence-electron chi connectivity index (χ2n) is 1.30. The number of hydrogen-bond acceptors (Lipinski definition) is 3. The number of aliphatic hydroxyl groups is 1. The van der Waals surface area contributed by atoms with E-state index < -0.39 is 6.23 Å². The number of rotatable bonds is 3. The molecule has 1 radical (unpaired) electrons. The molecule has 0 saturated heterocycles. The van der Waals surface area contributed by atoms with Crippen LogP contribution in [0.3, 0.4) is 0 Å². The molecule has 0 aliphatic heterocycles. The first-order valence-electron chi connectivity index (χ1n) is 2.18. The van der Waals surface area contributed by atoms with Crippen LogP contribution < -0.4 is 5.84 Å². The van der Waals surface area contributed by atoms with Gasteiger partial charge >= 0.3 is 0 Å². The average molecular weight is 117 g/mol. The molecule has 0 heterocycles. The summed E-state index contributed by atoms with van der Waals surface area (Å²) in [5.74, 6) is 4.91. The molecular weight excluding hydrogens is 108 g/mol. The van der Waals surface area contributed by atoms with Gasteiger partial charge in [0.2, 0.25) is 6.41 Å². The maximum atomic E-state index is 9.73. The third-order valence-electron chi connectivity index (χ3n) is 0.725. The minimum atomic E-state index is -0.965. The molecule has 8 heavy (non-hydrogen) atoms. The summed E-state index contributed by atoms with van der Waals surface area (Å²) < 4.78 is 0. The van der Waals surface area contributed by atoms with Gasteiger partial charge in [-0.3, -0.25) is 9.80 Å². The lowest BCUT2D eigenvalue weighted by Crippen LogP contribution is -2.39. The predicted octanol–water partition coefficient (Wildman–Crippen LogP) is -1.14. The molecule has 0 aliphatic carbocycles. The Morgan fingerprint density at radius 2 is 2.38 bits per heavy atom. The molecule has 0 spiro atoms. The lowest BCUT2D eigenvalue weighted by Gasteiger charge is -2.14. The van der Waals surface area contributed by atoms with Crippen LogP contribution in [0.4, 0.5) is 0 Å². The largest absolute Gasteiger partial charge is 0.372 e. The molecule has 0 saturated carbocycles. The topological polar surface area (TPSA) is 66.6 Å². The van der Waals surface area contributed by atoms with Crippen molar-refractivity contribution < 1.29 is 9.90 Å². The molecule has 4 heteroatoms. The predicted molar refractivity (Wildman–Crippen MR) is 28.1 cm³/mol. The Morgan fingerprint density at radius 1 is 1.88 bits per heavy atom. The molecule has 4 nitrogen and oxygen atoms in total. The Balaban J connectivity index is 3.44. The monoisotopic (exact) mass is 117 g/mol. The summed E-state index contributed by atoms with van der Waals surface area (Å²) in [6, 6.07) is 0. The molecule has 0 bridgehead atoms. The summed E-state index contributed by atoms with van der Waals surface area (Å²) in [4.78, 5) is 9.73. The van der Waals surface area contributed by atoms with Crippen molar-refractivity contribution in [3.63, 3.8) is 0 Å². The van der Waals surface area contributed by atoms with E-state index in [2.05, 4.69) is 0 Å². The second-order valence-corrected chi connectivity index (χ2v) is 1.30. The Labute approximate surface area is 47.9 Å². The minimum Gasteiger partial charge on any atom is -0.372 e. The van der Waals surface area contributed by atoms with E-state index in [0.717, 1.165) is 0 Å². The van der Waals surface area contributed by atoms with Crippen molar-refractivity contribution in [1.82, 2.24) is 5.01 Å². The zero-order valence-corrected chi connectivity index (χ0v) is 4.61. The third kappa shape index (κ3) is 1.90. The highest BCUT2D eigenvalue weighted by Crippen LogP contribution is 1.86. The number of aliphatic hydroxyl groups excluding tert-OH is 1. The van der Waals surface area contributed by atoms with Crippen LogP contribution in [-0.2, 0) is 4.79 Å². The van der Waals surface area contributed by atoms with Gasteiger partial charge in [-0.15, -0.1) is 0 Å². The van der Waals surface area contributed by atoms with Gasteiger partial charge in [0.1, 0.15) is 6.23 Å². The van der Waals surface area contributed by atoms with Crippen LogP contribution in [-0.4, -0.2) is 22.8 Å². The first-order valence-corrected chi connectivity index (χ1v) is 2.18. The fraction of sp³-hybridized carbons (Fsp3) is 0.500.